The standard InChI is InChI=1S/C18H24N4O/c1-13-6-18-20-10-15(11-22(18)21-13)9-19-8-14-7-16-4-2-3-5-17(16)23-12-14/h2-6,14-15,19-20H,7-12H2,1H3/t14-,15+/m1/s1. The molecule has 23 heavy (non-hydrogen) atoms. The van der Waals surface area contributed by atoms with Crippen molar-refractivity contribution >= 4 is 5.82 Å². The highest BCUT2D eigenvalue weighted by Gasteiger charge is 2.21. The summed E-state index contributed by atoms with van der Waals surface area (Å²) in [6, 6.07) is 10.5. The Bertz CT molecular complexity index is 681. The van der Waals surface area contributed by atoms with Crippen molar-refractivity contribution < 1.29 is 4.74 Å². The maximum absolute atomic E-state index is 5.86. The number of nitrogens with one attached hydrogen (secondary N) is 2. The van der Waals surface area contributed by atoms with E-state index in [1.54, 1.807) is 0 Å². The molecule has 2 aromatic rings. The smallest absolute Gasteiger partial charge is 0.124 e. The fraction of sp³-hybridized carbons (Fsp3) is 0.500. The summed E-state index contributed by atoms with van der Waals surface area (Å²) < 4.78 is 7.95. The van der Waals surface area contributed by atoms with Crippen molar-refractivity contribution in [3.63, 3.8) is 0 Å². The second kappa shape index (κ2) is 6.24. The fourth-order valence-corrected chi connectivity index (χ4v) is 3.54. The number of hydrogen-bond donors (Lipinski definition) is 2. The van der Waals surface area contributed by atoms with E-state index in [4.69, 9.17) is 4.74 Å². The van der Waals surface area contributed by atoms with Crippen LogP contribution in [-0.2, 0) is 13.0 Å². The van der Waals surface area contributed by atoms with Crippen molar-refractivity contribution in [2.45, 2.75) is 19.9 Å². The molecule has 2 N–H and O–H groups in total. The fourth-order valence-electron chi connectivity index (χ4n) is 3.54. The third-order valence-corrected chi connectivity index (χ3v) is 4.73. The topological polar surface area (TPSA) is 51.1 Å². The minimum absolute atomic E-state index is 0.559. The number of anilines is 1. The van der Waals surface area contributed by atoms with E-state index in [0.29, 0.717) is 11.8 Å². The first-order chi connectivity index (χ1) is 11.3. The van der Waals surface area contributed by atoms with E-state index in [0.717, 1.165) is 56.5 Å². The van der Waals surface area contributed by atoms with Gasteiger partial charge in [-0.3, -0.25) is 0 Å². The maximum atomic E-state index is 5.86. The van der Waals surface area contributed by atoms with Crippen LogP contribution in [0.4, 0.5) is 5.82 Å². The Kier molecular flexibility index (Phi) is 3.95. The first kappa shape index (κ1) is 14.6. The van der Waals surface area contributed by atoms with Crippen LogP contribution >= 0.6 is 0 Å². The molecule has 0 amide bonds. The van der Waals surface area contributed by atoms with Crippen LogP contribution in [0.1, 0.15) is 11.3 Å². The summed E-state index contributed by atoms with van der Waals surface area (Å²) in [4.78, 5) is 0. The highest BCUT2D eigenvalue weighted by atomic mass is 16.5. The van der Waals surface area contributed by atoms with Gasteiger partial charge in [-0.2, -0.15) is 5.10 Å². The quantitative estimate of drug-likeness (QED) is 0.907. The van der Waals surface area contributed by atoms with Gasteiger partial charge in [0.1, 0.15) is 11.6 Å². The van der Waals surface area contributed by atoms with E-state index in [9.17, 15) is 0 Å². The van der Waals surface area contributed by atoms with Crippen LogP contribution in [0, 0.1) is 18.8 Å². The molecule has 2 aliphatic rings. The second-order valence-electron chi connectivity index (χ2n) is 6.75. The van der Waals surface area contributed by atoms with Crippen LogP contribution in [0.5, 0.6) is 5.75 Å². The average molecular weight is 312 g/mol. The van der Waals surface area contributed by atoms with Crippen LogP contribution in [0.15, 0.2) is 30.3 Å². The predicted molar refractivity (Wildman–Crippen MR) is 90.9 cm³/mol. The van der Waals surface area contributed by atoms with Crippen molar-refractivity contribution in [3.8, 4) is 5.75 Å². The van der Waals surface area contributed by atoms with Crippen LogP contribution in [0.3, 0.4) is 0 Å². The molecular formula is C18H24N4O. The molecule has 0 radical (unpaired) electrons. The molecule has 3 heterocycles. The molecular weight excluding hydrogens is 288 g/mol. The lowest BCUT2D eigenvalue weighted by molar-refractivity contribution is 0.215. The minimum atomic E-state index is 0.559. The van der Waals surface area contributed by atoms with Gasteiger partial charge in [0.05, 0.1) is 12.3 Å². The molecule has 0 saturated carbocycles. The molecule has 2 aliphatic heterocycles. The number of ether oxygens (including phenoxy) is 1. The van der Waals surface area contributed by atoms with Crippen LogP contribution in [0.25, 0.3) is 0 Å². The molecule has 1 aromatic heterocycles. The average Bonchev–Trinajstić information content (AvgIpc) is 2.94. The van der Waals surface area contributed by atoms with Crippen LogP contribution in [0.2, 0.25) is 0 Å². The van der Waals surface area contributed by atoms with E-state index >= 15 is 0 Å². The monoisotopic (exact) mass is 312 g/mol. The van der Waals surface area contributed by atoms with Gasteiger partial charge in [0.2, 0.25) is 0 Å². The van der Waals surface area contributed by atoms with Gasteiger partial charge in [-0.25, -0.2) is 4.68 Å². The number of fused-ring (bicyclic) bond motifs is 2. The molecule has 5 nitrogen and oxygen atoms in total. The van der Waals surface area contributed by atoms with Gasteiger partial charge < -0.3 is 15.4 Å². The van der Waals surface area contributed by atoms with Gasteiger partial charge in [0.15, 0.2) is 0 Å². The van der Waals surface area contributed by atoms with Gasteiger partial charge in [-0.15, -0.1) is 0 Å². The molecule has 122 valence electrons. The van der Waals surface area contributed by atoms with E-state index < -0.39 is 0 Å². The van der Waals surface area contributed by atoms with Gasteiger partial charge >= 0.3 is 0 Å². The summed E-state index contributed by atoms with van der Waals surface area (Å²) in [7, 11) is 0. The maximum Gasteiger partial charge on any atom is 0.124 e. The van der Waals surface area contributed by atoms with Crippen LogP contribution in [-0.4, -0.2) is 36.0 Å². The highest BCUT2D eigenvalue weighted by Crippen LogP contribution is 2.26. The van der Waals surface area contributed by atoms with Crippen LogP contribution < -0.4 is 15.4 Å². The largest absolute Gasteiger partial charge is 0.493 e. The van der Waals surface area contributed by atoms with E-state index in [1.807, 2.05) is 13.0 Å². The number of hydrogen-bond acceptors (Lipinski definition) is 4. The van der Waals surface area contributed by atoms with E-state index in [2.05, 4.69) is 44.7 Å². The zero-order valence-electron chi connectivity index (χ0n) is 13.6. The van der Waals surface area contributed by atoms with Crippen molar-refractivity contribution in [2.75, 3.05) is 31.6 Å². The summed E-state index contributed by atoms with van der Waals surface area (Å²) in [5, 5.41) is 11.6. The van der Waals surface area contributed by atoms with Crippen molar-refractivity contribution in [3.05, 3.63) is 41.6 Å². The molecule has 0 aliphatic carbocycles. The summed E-state index contributed by atoms with van der Waals surface area (Å²) in [6.07, 6.45) is 1.11. The van der Waals surface area contributed by atoms with Crippen molar-refractivity contribution in [1.29, 1.82) is 0 Å². The Labute approximate surface area is 137 Å². The summed E-state index contributed by atoms with van der Waals surface area (Å²) in [5.41, 5.74) is 2.42. The van der Waals surface area contributed by atoms with Gasteiger partial charge in [0.25, 0.3) is 0 Å². The molecule has 0 bridgehead atoms. The number of benzene rings is 1. The number of aromatic nitrogens is 2. The number of para-hydroxylation sites is 1. The number of rotatable bonds is 4. The molecule has 0 fully saturated rings. The highest BCUT2D eigenvalue weighted by molar-refractivity contribution is 5.38. The van der Waals surface area contributed by atoms with Gasteiger partial charge in [-0.1, -0.05) is 18.2 Å². The van der Waals surface area contributed by atoms with Crippen molar-refractivity contribution in [1.82, 2.24) is 15.1 Å². The van der Waals surface area contributed by atoms with Gasteiger partial charge in [-0.05, 0) is 25.0 Å². The summed E-state index contributed by atoms with van der Waals surface area (Å²) >= 11 is 0. The molecule has 4 rings (SSSR count). The lowest BCUT2D eigenvalue weighted by Crippen LogP contribution is -2.38. The first-order valence-corrected chi connectivity index (χ1v) is 8.47. The third-order valence-electron chi connectivity index (χ3n) is 4.73. The number of aryl methyl sites for hydroxylation is 1. The Morgan fingerprint density at radius 2 is 2.17 bits per heavy atom. The summed E-state index contributed by atoms with van der Waals surface area (Å²) in [5.74, 6) is 3.35. The Balaban J connectivity index is 1.25. The zero-order chi connectivity index (χ0) is 15.6. The molecule has 0 spiro atoms. The zero-order valence-corrected chi connectivity index (χ0v) is 13.6. The molecule has 0 unspecified atom stereocenters. The normalized spacial score (nSPS) is 22.7. The Morgan fingerprint density at radius 3 is 3.13 bits per heavy atom. The summed E-state index contributed by atoms with van der Waals surface area (Å²) in [6.45, 7) is 6.89. The Hall–Kier alpha value is -2.01. The van der Waals surface area contributed by atoms with E-state index in [1.165, 1.54) is 5.56 Å². The predicted octanol–water partition coefficient (Wildman–Crippen LogP) is 2.07. The lowest BCUT2D eigenvalue weighted by atomic mass is 9.96. The first-order valence-electron chi connectivity index (χ1n) is 8.47. The van der Waals surface area contributed by atoms with E-state index in [-0.39, 0.29) is 0 Å². The molecule has 0 saturated heterocycles. The minimum Gasteiger partial charge on any atom is -0.493 e. The molecule has 2 atom stereocenters. The lowest BCUT2D eigenvalue weighted by Gasteiger charge is -2.28. The van der Waals surface area contributed by atoms with Gasteiger partial charge in [0, 0.05) is 44.1 Å². The molecule has 5 heteroatoms. The Morgan fingerprint density at radius 1 is 1.30 bits per heavy atom. The molecule has 1 aromatic carbocycles. The third kappa shape index (κ3) is 3.20. The SMILES string of the molecule is Cc1cc2n(n1)C[C@@H](CNC[C@@H]1COc3ccccc3C1)CN2. The van der Waals surface area contributed by atoms with Crippen molar-refractivity contribution in [2.24, 2.45) is 11.8 Å². The second-order valence-corrected chi connectivity index (χ2v) is 6.75. The number of nitrogens with zero attached hydrogens (tertiary/aromatic N) is 2.